The van der Waals surface area contributed by atoms with Crippen LogP contribution < -0.4 is 5.32 Å². The summed E-state index contributed by atoms with van der Waals surface area (Å²) in [5.74, 6) is 0. The molecule has 1 aromatic heterocycles. The summed E-state index contributed by atoms with van der Waals surface area (Å²) >= 11 is 1.52. The Bertz CT molecular complexity index is 526. The van der Waals surface area contributed by atoms with Crippen molar-refractivity contribution >= 4 is 22.7 Å². The van der Waals surface area contributed by atoms with Gasteiger partial charge in [-0.3, -0.25) is 15.1 Å². The minimum atomic E-state index is -0.373. The van der Waals surface area contributed by atoms with Gasteiger partial charge in [0.1, 0.15) is 5.69 Å². The number of nitro benzene ring substituents is 1. The Balaban J connectivity index is 2.22. The predicted octanol–water partition coefficient (Wildman–Crippen LogP) is 2.97. The zero-order chi connectivity index (χ0) is 12.3. The molecule has 1 N–H and O–H groups in total. The van der Waals surface area contributed by atoms with Gasteiger partial charge in [-0.25, -0.2) is 0 Å². The standard InChI is InChI=1S/C11H11N3O2S/c1-8-3-2-4-10(14(15)16)11(8)13-6-9-5-12-7-17-9/h2-5,7,13H,6H2,1H3. The maximum Gasteiger partial charge on any atom is 0.292 e. The van der Waals surface area contributed by atoms with Gasteiger partial charge in [0, 0.05) is 17.1 Å². The number of hydrogen-bond donors (Lipinski definition) is 1. The quantitative estimate of drug-likeness (QED) is 0.668. The summed E-state index contributed by atoms with van der Waals surface area (Å²) in [6.45, 7) is 2.40. The number of thiazole rings is 1. The minimum Gasteiger partial charge on any atom is -0.374 e. The molecule has 0 aliphatic rings. The van der Waals surface area contributed by atoms with Gasteiger partial charge in [0.25, 0.3) is 5.69 Å². The van der Waals surface area contributed by atoms with Gasteiger partial charge >= 0.3 is 0 Å². The molecule has 0 saturated heterocycles. The number of aromatic nitrogens is 1. The Morgan fingerprint density at radius 2 is 2.35 bits per heavy atom. The summed E-state index contributed by atoms with van der Waals surface area (Å²) in [6, 6.07) is 5.04. The van der Waals surface area contributed by atoms with Gasteiger partial charge in [-0.1, -0.05) is 12.1 Å². The highest BCUT2D eigenvalue weighted by molar-refractivity contribution is 7.09. The highest BCUT2D eigenvalue weighted by atomic mass is 32.1. The molecule has 2 aromatic rings. The molecule has 6 heteroatoms. The van der Waals surface area contributed by atoms with Crippen molar-refractivity contribution < 1.29 is 4.92 Å². The lowest BCUT2D eigenvalue weighted by atomic mass is 10.1. The number of nitro groups is 1. The number of para-hydroxylation sites is 1. The van der Waals surface area contributed by atoms with Crippen LogP contribution in [0.3, 0.4) is 0 Å². The Labute approximate surface area is 102 Å². The van der Waals surface area contributed by atoms with E-state index in [0.29, 0.717) is 12.2 Å². The molecule has 0 fully saturated rings. The van der Waals surface area contributed by atoms with E-state index in [9.17, 15) is 10.1 Å². The first-order chi connectivity index (χ1) is 8.18. The Morgan fingerprint density at radius 1 is 1.53 bits per heavy atom. The van der Waals surface area contributed by atoms with Gasteiger partial charge in [-0.05, 0) is 12.5 Å². The third-order valence-corrected chi connectivity index (χ3v) is 3.15. The normalized spacial score (nSPS) is 10.2. The maximum atomic E-state index is 10.9. The van der Waals surface area contributed by atoms with Gasteiger partial charge in [-0.15, -0.1) is 11.3 Å². The fourth-order valence-corrected chi connectivity index (χ4v) is 2.07. The first-order valence-corrected chi connectivity index (χ1v) is 5.91. The van der Waals surface area contributed by atoms with E-state index in [0.717, 1.165) is 10.4 Å². The molecule has 0 atom stereocenters. The fourth-order valence-electron chi connectivity index (χ4n) is 1.54. The third kappa shape index (κ3) is 2.59. The predicted molar refractivity (Wildman–Crippen MR) is 67.3 cm³/mol. The van der Waals surface area contributed by atoms with Crippen molar-refractivity contribution in [1.82, 2.24) is 4.98 Å². The smallest absolute Gasteiger partial charge is 0.292 e. The largest absolute Gasteiger partial charge is 0.374 e. The molecule has 0 radical (unpaired) electrons. The lowest BCUT2D eigenvalue weighted by Gasteiger charge is -2.08. The number of nitrogens with one attached hydrogen (secondary N) is 1. The zero-order valence-corrected chi connectivity index (χ0v) is 10.0. The lowest BCUT2D eigenvalue weighted by Crippen LogP contribution is -2.03. The molecule has 0 spiro atoms. The van der Waals surface area contributed by atoms with Crippen LogP contribution in [0.4, 0.5) is 11.4 Å². The van der Waals surface area contributed by atoms with Gasteiger partial charge in [-0.2, -0.15) is 0 Å². The topological polar surface area (TPSA) is 68.1 Å². The number of rotatable bonds is 4. The molecular formula is C11H11N3O2S. The molecule has 0 unspecified atom stereocenters. The van der Waals surface area contributed by atoms with E-state index >= 15 is 0 Å². The van der Waals surface area contributed by atoms with Gasteiger partial charge in [0.15, 0.2) is 0 Å². The van der Waals surface area contributed by atoms with Crippen LogP contribution in [0.2, 0.25) is 0 Å². The molecule has 0 aliphatic carbocycles. The average Bonchev–Trinajstić information content (AvgIpc) is 2.80. The van der Waals surface area contributed by atoms with E-state index in [-0.39, 0.29) is 10.6 Å². The molecule has 1 aromatic carbocycles. The highest BCUT2D eigenvalue weighted by Crippen LogP contribution is 2.28. The average molecular weight is 249 g/mol. The van der Waals surface area contributed by atoms with Crippen molar-refractivity contribution in [2.45, 2.75) is 13.5 Å². The Hall–Kier alpha value is -1.95. The third-order valence-electron chi connectivity index (χ3n) is 2.37. The summed E-state index contributed by atoms with van der Waals surface area (Å²) in [6.07, 6.45) is 1.75. The molecule has 88 valence electrons. The fraction of sp³-hybridized carbons (Fsp3) is 0.182. The first kappa shape index (κ1) is 11.5. The van der Waals surface area contributed by atoms with Crippen molar-refractivity contribution in [2.75, 3.05) is 5.32 Å². The van der Waals surface area contributed by atoms with E-state index in [1.165, 1.54) is 17.4 Å². The monoisotopic (exact) mass is 249 g/mol. The zero-order valence-electron chi connectivity index (χ0n) is 9.21. The molecule has 0 bridgehead atoms. The summed E-state index contributed by atoms with van der Waals surface area (Å²) in [5.41, 5.74) is 3.28. The van der Waals surface area contributed by atoms with Crippen LogP contribution in [-0.4, -0.2) is 9.91 Å². The Kier molecular flexibility index (Phi) is 3.34. The van der Waals surface area contributed by atoms with Crippen molar-refractivity contribution in [3.8, 4) is 0 Å². The number of nitrogens with zero attached hydrogens (tertiary/aromatic N) is 2. The molecular weight excluding hydrogens is 238 g/mol. The molecule has 1 heterocycles. The number of aryl methyl sites for hydroxylation is 1. The SMILES string of the molecule is Cc1cccc([N+](=O)[O-])c1NCc1cncs1. The first-order valence-electron chi connectivity index (χ1n) is 5.03. The van der Waals surface area contributed by atoms with Crippen LogP contribution in [-0.2, 0) is 6.54 Å². The molecule has 0 saturated carbocycles. The van der Waals surface area contributed by atoms with Crippen LogP contribution in [0.15, 0.2) is 29.9 Å². The van der Waals surface area contributed by atoms with Crippen LogP contribution in [0.1, 0.15) is 10.4 Å². The van der Waals surface area contributed by atoms with Crippen LogP contribution in [0.5, 0.6) is 0 Å². The van der Waals surface area contributed by atoms with E-state index in [2.05, 4.69) is 10.3 Å². The van der Waals surface area contributed by atoms with E-state index in [1.807, 2.05) is 13.0 Å². The van der Waals surface area contributed by atoms with Crippen LogP contribution >= 0.6 is 11.3 Å². The summed E-state index contributed by atoms with van der Waals surface area (Å²) < 4.78 is 0. The van der Waals surface area contributed by atoms with Crippen LogP contribution in [0.25, 0.3) is 0 Å². The van der Waals surface area contributed by atoms with E-state index in [1.54, 1.807) is 17.8 Å². The number of benzene rings is 1. The van der Waals surface area contributed by atoms with Crippen molar-refractivity contribution in [2.24, 2.45) is 0 Å². The Morgan fingerprint density at radius 3 is 3.00 bits per heavy atom. The minimum absolute atomic E-state index is 0.106. The molecule has 0 aliphatic heterocycles. The van der Waals surface area contributed by atoms with Gasteiger partial charge in [0.2, 0.25) is 0 Å². The maximum absolute atomic E-state index is 10.9. The number of anilines is 1. The molecule has 0 amide bonds. The second-order valence-corrected chi connectivity index (χ2v) is 4.52. The highest BCUT2D eigenvalue weighted by Gasteiger charge is 2.14. The summed E-state index contributed by atoms with van der Waals surface area (Å²) in [4.78, 5) is 15.5. The van der Waals surface area contributed by atoms with Crippen molar-refractivity contribution in [3.63, 3.8) is 0 Å². The summed E-state index contributed by atoms with van der Waals surface area (Å²) in [7, 11) is 0. The van der Waals surface area contributed by atoms with Crippen LogP contribution in [0, 0.1) is 17.0 Å². The lowest BCUT2D eigenvalue weighted by molar-refractivity contribution is -0.384. The second kappa shape index (κ2) is 4.92. The van der Waals surface area contributed by atoms with Gasteiger partial charge in [0.05, 0.1) is 17.0 Å². The van der Waals surface area contributed by atoms with E-state index < -0.39 is 0 Å². The summed E-state index contributed by atoms with van der Waals surface area (Å²) in [5, 5.41) is 14.0. The molecule has 2 rings (SSSR count). The second-order valence-electron chi connectivity index (χ2n) is 3.55. The van der Waals surface area contributed by atoms with Crippen molar-refractivity contribution in [3.05, 3.63) is 50.5 Å². The van der Waals surface area contributed by atoms with Crippen molar-refractivity contribution in [1.29, 1.82) is 0 Å². The molecule has 17 heavy (non-hydrogen) atoms. The van der Waals surface area contributed by atoms with Gasteiger partial charge < -0.3 is 5.32 Å². The number of hydrogen-bond acceptors (Lipinski definition) is 5. The van der Waals surface area contributed by atoms with E-state index in [4.69, 9.17) is 0 Å². The molecule has 5 nitrogen and oxygen atoms in total.